The second-order valence-corrected chi connectivity index (χ2v) is 7.51. The van der Waals surface area contributed by atoms with E-state index in [0.717, 1.165) is 10.9 Å². The number of para-hydroxylation sites is 1. The van der Waals surface area contributed by atoms with E-state index in [1.54, 1.807) is 36.4 Å². The zero-order valence-electron chi connectivity index (χ0n) is 14.5. The van der Waals surface area contributed by atoms with Crippen molar-refractivity contribution in [3.63, 3.8) is 0 Å². The first kappa shape index (κ1) is 18.9. The summed E-state index contributed by atoms with van der Waals surface area (Å²) in [5, 5.41) is 5.82. The van der Waals surface area contributed by atoms with Crippen LogP contribution in [-0.4, -0.2) is 5.78 Å². The Morgan fingerprint density at radius 3 is 2.36 bits per heavy atom. The highest BCUT2D eigenvalue weighted by Crippen LogP contribution is 2.33. The third-order valence-electron chi connectivity index (χ3n) is 4.38. The van der Waals surface area contributed by atoms with Crippen LogP contribution in [0, 0.1) is 0 Å². The zero-order chi connectivity index (χ0) is 19.7. The smallest absolute Gasteiger partial charge is 0.230 e. The van der Waals surface area contributed by atoms with E-state index in [-0.39, 0.29) is 11.5 Å². The Hall–Kier alpha value is -2.46. The lowest BCUT2D eigenvalue weighted by molar-refractivity contribution is 0.101. The average Bonchev–Trinajstić information content (AvgIpc) is 3.06. The summed E-state index contributed by atoms with van der Waals surface area (Å²) in [5.74, 6) is 0.0196. The molecule has 1 heterocycles. The predicted octanol–water partition coefficient (Wildman–Crippen LogP) is 7.24. The number of furan rings is 1. The summed E-state index contributed by atoms with van der Waals surface area (Å²) in [6, 6.07) is 19.5. The number of ketones is 1. The molecule has 140 valence electrons. The molecule has 28 heavy (non-hydrogen) atoms. The molecule has 0 amide bonds. The molecule has 6 heteroatoms. The standard InChI is InChI=1S/C22H14Cl3NO2/c23-15-8-5-13(6-9-15)21(27)22-20(17-3-1-2-4-19(17)28-22)26-12-14-7-10-16(24)11-18(14)25/h1-11,26H,12H2. The van der Waals surface area contributed by atoms with Crippen LogP contribution in [0.15, 0.2) is 71.1 Å². The summed E-state index contributed by atoms with van der Waals surface area (Å²) in [4.78, 5) is 13.1. The molecule has 0 saturated heterocycles. The van der Waals surface area contributed by atoms with Crippen molar-refractivity contribution in [3.05, 3.63) is 98.7 Å². The Kier molecular flexibility index (Phi) is 5.31. The van der Waals surface area contributed by atoms with E-state index >= 15 is 0 Å². The van der Waals surface area contributed by atoms with Gasteiger partial charge in [-0.1, -0.05) is 53.0 Å². The minimum Gasteiger partial charge on any atom is -0.450 e. The Labute approximate surface area is 176 Å². The Morgan fingerprint density at radius 2 is 1.61 bits per heavy atom. The number of hydrogen-bond acceptors (Lipinski definition) is 3. The van der Waals surface area contributed by atoms with Gasteiger partial charge in [-0.05, 0) is 54.1 Å². The lowest BCUT2D eigenvalue weighted by Crippen LogP contribution is -2.06. The van der Waals surface area contributed by atoms with E-state index in [0.29, 0.717) is 38.4 Å². The van der Waals surface area contributed by atoms with Gasteiger partial charge in [0.2, 0.25) is 5.78 Å². The first-order valence-corrected chi connectivity index (χ1v) is 9.66. The van der Waals surface area contributed by atoms with Gasteiger partial charge in [0.1, 0.15) is 5.58 Å². The summed E-state index contributed by atoms with van der Waals surface area (Å²) < 4.78 is 5.88. The summed E-state index contributed by atoms with van der Waals surface area (Å²) in [6.07, 6.45) is 0. The van der Waals surface area contributed by atoms with E-state index in [4.69, 9.17) is 39.2 Å². The summed E-state index contributed by atoms with van der Waals surface area (Å²) in [6.45, 7) is 0.417. The van der Waals surface area contributed by atoms with Crippen LogP contribution < -0.4 is 5.32 Å². The Balaban J connectivity index is 1.72. The quantitative estimate of drug-likeness (QED) is 0.339. The summed E-state index contributed by atoms with van der Waals surface area (Å²) >= 11 is 18.2. The molecule has 0 spiro atoms. The number of rotatable bonds is 5. The maximum absolute atomic E-state index is 13.1. The van der Waals surface area contributed by atoms with Gasteiger partial charge in [0.05, 0.1) is 5.69 Å². The van der Waals surface area contributed by atoms with Crippen LogP contribution in [-0.2, 0) is 6.54 Å². The van der Waals surface area contributed by atoms with Gasteiger partial charge < -0.3 is 9.73 Å². The molecule has 0 aliphatic rings. The van der Waals surface area contributed by atoms with E-state index < -0.39 is 0 Å². The number of hydrogen-bond donors (Lipinski definition) is 1. The first-order valence-electron chi connectivity index (χ1n) is 8.52. The number of halogens is 3. The van der Waals surface area contributed by atoms with Crippen LogP contribution in [0.5, 0.6) is 0 Å². The van der Waals surface area contributed by atoms with Gasteiger partial charge in [0, 0.05) is 32.6 Å². The van der Waals surface area contributed by atoms with Crippen LogP contribution >= 0.6 is 34.8 Å². The van der Waals surface area contributed by atoms with Crippen molar-refractivity contribution in [2.45, 2.75) is 6.54 Å². The van der Waals surface area contributed by atoms with Gasteiger partial charge in [-0.3, -0.25) is 4.79 Å². The second kappa shape index (κ2) is 7.88. The Bertz CT molecular complexity index is 1170. The largest absolute Gasteiger partial charge is 0.450 e. The molecular weight excluding hydrogens is 417 g/mol. The van der Waals surface area contributed by atoms with Crippen molar-refractivity contribution < 1.29 is 9.21 Å². The van der Waals surface area contributed by atoms with E-state index in [9.17, 15) is 4.79 Å². The second-order valence-electron chi connectivity index (χ2n) is 6.23. The normalized spacial score (nSPS) is 11.0. The Morgan fingerprint density at radius 1 is 0.893 bits per heavy atom. The minimum atomic E-state index is -0.224. The fourth-order valence-corrected chi connectivity index (χ4v) is 3.56. The number of benzene rings is 3. The van der Waals surface area contributed by atoms with Crippen molar-refractivity contribution >= 4 is 57.2 Å². The lowest BCUT2D eigenvalue weighted by Gasteiger charge is -2.09. The molecule has 0 bridgehead atoms. The SMILES string of the molecule is O=C(c1ccc(Cl)cc1)c1oc2ccccc2c1NCc1ccc(Cl)cc1Cl. The lowest BCUT2D eigenvalue weighted by atomic mass is 10.1. The third kappa shape index (κ3) is 3.74. The van der Waals surface area contributed by atoms with E-state index in [1.807, 2.05) is 30.3 Å². The van der Waals surface area contributed by atoms with Crippen LogP contribution in [0.4, 0.5) is 5.69 Å². The summed E-state index contributed by atoms with van der Waals surface area (Å²) in [7, 11) is 0. The molecule has 0 fully saturated rings. The molecule has 1 N–H and O–H groups in total. The van der Waals surface area contributed by atoms with Crippen molar-refractivity contribution in [1.82, 2.24) is 0 Å². The average molecular weight is 431 g/mol. The molecule has 3 aromatic carbocycles. The molecule has 1 aromatic heterocycles. The van der Waals surface area contributed by atoms with Crippen molar-refractivity contribution in [2.24, 2.45) is 0 Å². The van der Waals surface area contributed by atoms with Gasteiger partial charge in [-0.15, -0.1) is 0 Å². The van der Waals surface area contributed by atoms with E-state index in [2.05, 4.69) is 5.32 Å². The van der Waals surface area contributed by atoms with Crippen LogP contribution in [0.3, 0.4) is 0 Å². The fourth-order valence-electron chi connectivity index (χ4n) is 2.96. The maximum atomic E-state index is 13.1. The number of carbonyl (C=O) groups excluding carboxylic acids is 1. The van der Waals surface area contributed by atoms with E-state index in [1.165, 1.54) is 0 Å². The fraction of sp³-hybridized carbons (Fsp3) is 0.0455. The van der Waals surface area contributed by atoms with Gasteiger partial charge >= 0.3 is 0 Å². The molecule has 3 nitrogen and oxygen atoms in total. The highest BCUT2D eigenvalue weighted by atomic mass is 35.5. The molecule has 0 aliphatic carbocycles. The molecule has 0 radical (unpaired) electrons. The molecule has 4 aromatic rings. The number of carbonyl (C=O) groups is 1. The molecular formula is C22H14Cl3NO2. The third-order valence-corrected chi connectivity index (χ3v) is 5.22. The zero-order valence-corrected chi connectivity index (χ0v) is 16.8. The predicted molar refractivity (Wildman–Crippen MR) is 115 cm³/mol. The van der Waals surface area contributed by atoms with Gasteiger partial charge in [0.15, 0.2) is 5.76 Å². The van der Waals surface area contributed by atoms with Crippen molar-refractivity contribution in [3.8, 4) is 0 Å². The van der Waals surface area contributed by atoms with Crippen molar-refractivity contribution in [2.75, 3.05) is 5.32 Å². The highest BCUT2D eigenvalue weighted by molar-refractivity contribution is 6.35. The minimum absolute atomic E-state index is 0.224. The molecule has 0 atom stereocenters. The summed E-state index contributed by atoms with van der Waals surface area (Å²) in [5.41, 5.74) is 2.61. The van der Waals surface area contributed by atoms with Gasteiger partial charge in [0.25, 0.3) is 0 Å². The maximum Gasteiger partial charge on any atom is 0.230 e. The van der Waals surface area contributed by atoms with Crippen LogP contribution in [0.2, 0.25) is 15.1 Å². The van der Waals surface area contributed by atoms with Gasteiger partial charge in [-0.2, -0.15) is 0 Å². The number of nitrogens with one attached hydrogen (secondary N) is 1. The molecule has 0 saturated carbocycles. The monoisotopic (exact) mass is 429 g/mol. The molecule has 4 rings (SSSR count). The van der Waals surface area contributed by atoms with Crippen LogP contribution in [0.1, 0.15) is 21.7 Å². The number of anilines is 1. The molecule has 0 unspecified atom stereocenters. The van der Waals surface area contributed by atoms with Crippen molar-refractivity contribution in [1.29, 1.82) is 0 Å². The van der Waals surface area contributed by atoms with Gasteiger partial charge in [-0.25, -0.2) is 0 Å². The highest BCUT2D eigenvalue weighted by Gasteiger charge is 2.22. The topological polar surface area (TPSA) is 42.2 Å². The molecule has 0 aliphatic heterocycles. The number of fused-ring (bicyclic) bond motifs is 1. The van der Waals surface area contributed by atoms with Crippen LogP contribution in [0.25, 0.3) is 11.0 Å². The first-order chi connectivity index (χ1) is 13.5.